The van der Waals surface area contributed by atoms with E-state index in [1.165, 1.54) is 0 Å². The summed E-state index contributed by atoms with van der Waals surface area (Å²) >= 11 is 5.22. The smallest absolute Gasteiger partial charge is 0.259 e. The van der Waals surface area contributed by atoms with Crippen LogP contribution in [-0.4, -0.2) is 30.8 Å². The summed E-state index contributed by atoms with van der Waals surface area (Å²) < 4.78 is 7.93. The number of carbonyl (C=O) groups is 1. The number of nitrogens with one attached hydrogen (secondary N) is 2. The van der Waals surface area contributed by atoms with Crippen LogP contribution < -0.4 is 5.32 Å². The van der Waals surface area contributed by atoms with Gasteiger partial charge in [0.2, 0.25) is 0 Å². The Bertz CT molecular complexity index is 1290. The third kappa shape index (κ3) is 3.30. The predicted octanol–water partition coefficient (Wildman–Crippen LogP) is 3.97. The second-order valence-electron chi connectivity index (χ2n) is 7.32. The van der Waals surface area contributed by atoms with Crippen LogP contribution in [0.4, 0.5) is 0 Å². The van der Waals surface area contributed by atoms with E-state index in [1.807, 2.05) is 47.9 Å². The molecule has 152 valence electrons. The predicted molar refractivity (Wildman–Crippen MR) is 113 cm³/mol. The molecule has 1 aliphatic rings. The van der Waals surface area contributed by atoms with Crippen molar-refractivity contribution in [1.29, 1.82) is 0 Å². The molecule has 0 radical (unpaired) electrons. The third-order valence-electron chi connectivity index (χ3n) is 5.31. The zero-order chi connectivity index (χ0) is 20.7. The lowest BCUT2D eigenvalue weighted by Crippen LogP contribution is -2.25. The molecule has 8 nitrogen and oxygen atoms in total. The van der Waals surface area contributed by atoms with Crippen LogP contribution in [0.25, 0.3) is 22.4 Å². The Labute approximate surface area is 177 Å². The number of hydrogen-bond donors (Lipinski definition) is 2. The van der Waals surface area contributed by atoms with Crippen LogP contribution in [0.1, 0.15) is 47.6 Å². The second kappa shape index (κ2) is 7.49. The molecule has 4 aromatic rings. The summed E-state index contributed by atoms with van der Waals surface area (Å²) in [7, 11) is 0. The maximum atomic E-state index is 13.2. The first-order valence-electron chi connectivity index (χ1n) is 9.93. The zero-order valence-corrected chi connectivity index (χ0v) is 17.2. The quantitative estimate of drug-likeness (QED) is 0.458. The minimum Gasteiger partial charge on any atom is -0.345 e. The largest absolute Gasteiger partial charge is 0.345 e. The van der Waals surface area contributed by atoms with E-state index >= 15 is 0 Å². The van der Waals surface area contributed by atoms with Crippen LogP contribution >= 0.6 is 12.2 Å². The first-order chi connectivity index (χ1) is 14.7. The second-order valence-corrected chi connectivity index (χ2v) is 7.70. The van der Waals surface area contributed by atoms with Gasteiger partial charge in [-0.3, -0.25) is 9.89 Å². The van der Waals surface area contributed by atoms with E-state index in [2.05, 4.69) is 25.7 Å². The molecule has 0 atom stereocenters. The van der Waals surface area contributed by atoms with E-state index in [-0.39, 0.29) is 12.5 Å². The lowest BCUT2D eigenvalue weighted by molar-refractivity contribution is 0.0951. The van der Waals surface area contributed by atoms with E-state index in [0.29, 0.717) is 45.4 Å². The summed E-state index contributed by atoms with van der Waals surface area (Å²) in [5, 5.41) is 14.8. The molecule has 9 heteroatoms. The van der Waals surface area contributed by atoms with Crippen LogP contribution in [0.5, 0.6) is 0 Å². The summed E-state index contributed by atoms with van der Waals surface area (Å²) in [6.45, 7) is 2.91. The van der Waals surface area contributed by atoms with Gasteiger partial charge in [0.25, 0.3) is 11.6 Å². The van der Waals surface area contributed by atoms with Crippen LogP contribution in [0.15, 0.2) is 40.9 Å². The molecular weight excluding hydrogens is 400 g/mol. The number of benzene rings is 1. The average Bonchev–Trinajstić information content (AvgIpc) is 3.44. The number of rotatable bonds is 6. The molecule has 30 heavy (non-hydrogen) atoms. The van der Waals surface area contributed by atoms with E-state index < -0.39 is 0 Å². The van der Waals surface area contributed by atoms with Crippen LogP contribution in [0, 0.1) is 4.77 Å². The van der Waals surface area contributed by atoms with Crippen molar-refractivity contribution in [1.82, 2.24) is 30.2 Å². The summed E-state index contributed by atoms with van der Waals surface area (Å²) in [6, 6.07) is 11.5. The first kappa shape index (κ1) is 18.7. The molecule has 1 aliphatic carbocycles. The fourth-order valence-corrected chi connectivity index (χ4v) is 3.88. The highest BCUT2D eigenvalue weighted by atomic mass is 32.1. The van der Waals surface area contributed by atoms with Crippen molar-refractivity contribution >= 4 is 29.2 Å². The molecule has 1 aromatic carbocycles. The molecule has 1 fully saturated rings. The summed E-state index contributed by atoms with van der Waals surface area (Å²) in [5.74, 6) is 0.834. The normalized spacial score (nSPS) is 13.6. The van der Waals surface area contributed by atoms with Gasteiger partial charge >= 0.3 is 0 Å². The summed E-state index contributed by atoms with van der Waals surface area (Å²) in [6.07, 6.45) is 2.15. The van der Waals surface area contributed by atoms with Crippen molar-refractivity contribution in [2.75, 3.05) is 0 Å². The summed E-state index contributed by atoms with van der Waals surface area (Å²) in [4.78, 5) is 17.9. The number of aromatic amines is 1. The first-order valence-corrected chi connectivity index (χ1v) is 10.3. The Kier molecular flexibility index (Phi) is 4.66. The Balaban J connectivity index is 1.55. The maximum Gasteiger partial charge on any atom is 0.259 e. The average molecular weight is 420 g/mol. The van der Waals surface area contributed by atoms with Gasteiger partial charge in [0.1, 0.15) is 5.69 Å². The number of pyridine rings is 1. The van der Waals surface area contributed by atoms with Crippen LogP contribution in [-0.2, 0) is 13.1 Å². The van der Waals surface area contributed by atoms with E-state index in [1.54, 1.807) is 0 Å². The highest BCUT2D eigenvalue weighted by Gasteiger charge is 2.29. The van der Waals surface area contributed by atoms with E-state index in [4.69, 9.17) is 16.7 Å². The fraction of sp³-hybridized carbons (Fsp3) is 0.286. The lowest BCUT2D eigenvalue weighted by atomic mass is 10.0. The molecule has 2 N–H and O–H groups in total. The van der Waals surface area contributed by atoms with E-state index in [9.17, 15) is 4.79 Å². The number of H-pyrrole nitrogens is 1. The van der Waals surface area contributed by atoms with Crippen LogP contribution in [0.3, 0.4) is 0 Å². The van der Waals surface area contributed by atoms with Crippen molar-refractivity contribution in [2.45, 2.75) is 38.8 Å². The summed E-state index contributed by atoms with van der Waals surface area (Å²) in [5.41, 5.74) is 3.26. The highest BCUT2D eigenvalue weighted by Crippen LogP contribution is 2.41. The Morgan fingerprint density at radius 2 is 2.13 bits per heavy atom. The zero-order valence-electron chi connectivity index (χ0n) is 16.4. The van der Waals surface area contributed by atoms with Gasteiger partial charge in [0.05, 0.1) is 17.5 Å². The lowest BCUT2D eigenvalue weighted by Gasteiger charge is -2.09. The van der Waals surface area contributed by atoms with Gasteiger partial charge in [-0.2, -0.15) is 5.10 Å². The van der Waals surface area contributed by atoms with Gasteiger partial charge in [0.15, 0.2) is 10.6 Å². The Morgan fingerprint density at radius 1 is 1.33 bits per heavy atom. The number of fused-ring (bicyclic) bond motifs is 1. The number of hydrogen-bond acceptors (Lipinski definition) is 6. The molecule has 1 saturated carbocycles. The number of aromatic nitrogens is 5. The molecule has 0 spiro atoms. The van der Waals surface area contributed by atoms with Gasteiger partial charge in [-0.15, -0.1) is 0 Å². The number of nitrogens with zero attached hydrogens (tertiary/aromatic N) is 4. The number of carbonyl (C=O) groups excluding carboxylic acids is 1. The van der Waals surface area contributed by atoms with Gasteiger partial charge in [0, 0.05) is 23.7 Å². The van der Waals surface area contributed by atoms with Crippen molar-refractivity contribution in [3.63, 3.8) is 0 Å². The molecule has 0 unspecified atom stereocenters. The van der Waals surface area contributed by atoms with Gasteiger partial charge in [-0.05, 0) is 38.0 Å². The molecule has 0 bridgehead atoms. The third-order valence-corrected chi connectivity index (χ3v) is 5.63. The molecule has 3 heterocycles. The number of amides is 1. The van der Waals surface area contributed by atoms with Crippen molar-refractivity contribution in [3.05, 3.63) is 58.3 Å². The van der Waals surface area contributed by atoms with Crippen molar-refractivity contribution < 1.29 is 9.32 Å². The molecule has 3 aromatic heterocycles. The highest BCUT2D eigenvalue weighted by molar-refractivity contribution is 7.71. The Morgan fingerprint density at radius 3 is 2.87 bits per heavy atom. The topological polar surface area (TPSA) is 102 Å². The maximum absolute atomic E-state index is 13.2. The van der Waals surface area contributed by atoms with Crippen molar-refractivity contribution in [3.8, 4) is 11.3 Å². The Hall–Kier alpha value is -3.33. The van der Waals surface area contributed by atoms with Crippen molar-refractivity contribution in [2.24, 2.45) is 0 Å². The SMILES string of the molecule is CCn1c(CNC(=O)c2cc(C3CC3)nc3onc(-c4ccccc4)c23)n[nH]c1=S. The molecule has 0 aliphatic heterocycles. The monoisotopic (exact) mass is 420 g/mol. The minimum absolute atomic E-state index is 0.221. The van der Waals surface area contributed by atoms with Gasteiger partial charge < -0.3 is 14.4 Å². The standard InChI is InChI=1S/C21H20N6O2S/c1-2-27-16(24-25-21(27)30)11-22-19(28)14-10-15(12-8-9-12)23-20-17(14)18(26-29-20)13-6-4-3-5-7-13/h3-7,10,12H,2,8-9,11H2,1H3,(H,22,28)(H,25,30). The molecule has 5 rings (SSSR count). The molecule has 1 amide bonds. The molecule has 0 saturated heterocycles. The fourth-order valence-electron chi connectivity index (χ4n) is 3.60. The minimum atomic E-state index is -0.221. The van der Waals surface area contributed by atoms with Gasteiger partial charge in [-0.25, -0.2) is 4.98 Å². The van der Waals surface area contributed by atoms with E-state index in [0.717, 1.165) is 24.1 Å². The van der Waals surface area contributed by atoms with Gasteiger partial charge in [-0.1, -0.05) is 35.5 Å². The van der Waals surface area contributed by atoms with Crippen LogP contribution in [0.2, 0.25) is 0 Å². The molecular formula is C21H20N6O2S.